The Kier molecular flexibility index (Phi) is 4.35. The van der Waals surface area contributed by atoms with Crippen molar-refractivity contribution in [2.75, 3.05) is 0 Å². The van der Waals surface area contributed by atoms with E-state index in [-0.39, 0.29) is 0 Å². The monoisotopic (exact) mass is 248 g/mol. The van der Waals surface area contributed by atoms with Crippen molar-refractivity contribution in [3.8, 4) is 0 Å². The molecule has 0 spiro atoms. The predicted molar refractivity (Wildman–Crippen MR) is 86.0 cm³/mol. The van der Waals surface area contributed by atoms with Gasteiger partial charge in [0.1, 0.15) is 0 Å². The molecule has 19 heavy (non-hydrogen) atoms. The molecule has 0 unspecified atom stereocenters. The molecule has 0 heteroatoms. The van der Waals surface area contributed by atoms with Crippen molar-refractivity contribution in [3.05, 3.63) is 83.5 Å². The van der Waals surface area contributed by atoms with Crippen LogP contribution in [0.15, 0.2) is 61.2 Å². The molecule has 0 fully saturated rings. The normalized spacial score (nSPS) is 14.5. The summed E-state index contributed by atoms with van der Waals surface area (Å²) >= 11 is 0. The van der Waals surface area contributed by atoms with Crippen molar-refractivity contribution in [2.24, 2.45) is 0 Å². The van der Waals surface area contributed by atoms with Gasteiger partial charge in [0.25, 0.3) is 0 Å². The Bertz CT molecular complexity index is 593. The van der Waals surface area contributed by atoms with Gasteiger partial charge in [-0.15, -0.1) is 0 Å². The average molecular weight is 248 g/mol. The molecule has 0 aromatic heterocycles. The molecule has 96 valence electrons. The fraction of sp³-hybridized carbons (Fsp3) is 0.158. The predicted octanol–water partition coefficient (Wildman–Crippen LogP) is 5.40. The van der Waals surface area contributed by atoms with Crippen molar-refractivity contribution >= 4 is 11.6 Å². The highest BCUT2D eigenvalue weighted by Crippen LogP contribution is 2.29. The molecule has 0 aliphatic heterocycles. The summed E-state index contributed by atoms with van der Waals surface area (Å²) in [5.74, 6) is 0. The van der Waals surface area contributed by atoms with Crippen LogP contribution < -0.4 is 0 Å². The first-order valence-electron chi connectivity index (χ1n) is 6.65. The fourth-order valence-electron chi connectivity index (χ4n) is 2.34. The average Bonchev–Trinajstić information content (AvgIpc) is 2.92. The van der Waals surface area contributed by atoms with Crippen LogP contribution in [-0.2, 0) is 0 Å². The van der Waals surface area contributed by atoms with Gasteiger partial charge in [0.05, 0.1) is 0 Å². The zero-order valence-electron chi connectivity index (χ0n) is 11.7. The summed E-state index contributed by atoms with van der Waals surface area (Å²) < 4.78 is 0. The van der Waals surface area contributed by atoms with Gasteiger partial charge in [-0.3, -0.25) is 0 Å². The lowest BCUT2D eigenvalue weighted by Crippen LogP contribution is -1.92. The molecule has 2 rings (SSSR count). The Morgan fingerprint density at radius 3 is 2.63 bits per heavy atom. The summed E-state index contributed by atoms with van der Waals surface area (Å²) in [4.78, 5) is 0. The number of hydrogen-bond acceptors (Lipinski definition) is 0. The summed E-state index contributed by atoms with van der Waals surface area (Å²) in [6.07, 6.45) is 17.6. The van der Waals surface area contributed by atoms with E-state index in [1.165, 1.54) is 27.8 Å². The minimum absolute atomic E-state index is 1.05. The Labute approximate surface area is 116 Å². The van der Waals surface area contributed by atoms with Crippen LogP contribution in [0.4, 0.5) is 0 Å². The summed E-state index contributed by atoms with van der Waals surface area (Å²) in [6, 6.07) is 4.52. The molecule has 0 heterocycles. The van der Waals surface area contributed by atoms with Crippen molar-refractivity contribution in [1.82, 2.24) is 0 Å². The minimum atomic E-state index is 1.05. The second-order valence-corrected chi connectivity index (χ2v) is 4.83. The van der Waals surface area contributed by atoms with E-state index in [1.807, 2.05) is 12.2 Å². The molecule has 0 nitrogen and oxygen atoms in total. The largest absolute Gasteiger partial charge is 0.0991 e. The maximum Gasteiger partial charge on any atom is -0.00883 e. The SMILES string of the molecule is C=C/C=C\C=Cc1cc(C)cc(C2=CC=CC2)c1C. The Balaban J connectivity index is 2.37. The lowest BCUT2D eigenvalue weighted by molar-refractivity contribution is 1.31. The molecular weight excluding hydrogens is 228 g/mol. The van der Waals surface area contributed by atoms with Gasteiger partial charge < -0.3 is 0 Å². The van der Waals surface area contributed by atoms with Gasteiger partial charge >= 0.3 is 0 Å². The number of aryl methyl sites for hydroxylation is 1. The second-order valence-electron chi connectivity index (χ2n) is 4.83. The van der Waals surface area contributed by atoms with Gasteiger partial charge in [-0.2, -0.15) is 0 Å². The Hall–Kier alpha value is -2.08. The molecular formula is C19H20. The van der Waals surface area contributed by atoms with Gasteiger partial charge in [0.15, 0.2) is 0 Å². The summed E-state index contributed by atoms with van der Waals surface area (Å²) in [5.41, 5.74) is 6.73. The van der Waals surface area contributed by atoms with Crippen LogP contribution in [-0.4, -0.2) is 0 Å². The minimum Gasteiger partial charge on any atom is -0.0991 e. The first-order chi connectivity index (χ1) is 9.22. The number of benzene rings is 1. The van der Waals surface area contributed by atoms with Gasteiger partial charge in [-0.05, 0) is 48.1 Å². The van der Waals surface area contributed by atoms with E-state index in [4.69, 9.17) is 0 Å². The van der Waals surface area contributed by atoms with E-state index in [2.05, 4.69) is 62.9 Å². The number of rotatable bonds is 4. The molecule has 0 bridgehead atoms. The lowest BCUT2D eigenvalue weighted by atomic mass is 9.93. The van der Waals surface area contributed by atoms with Crippen LogP contribution >= 0.6 is 0 Å². The van der Waals surface area contributed by atoms with E-state index in [1.54, 1.807) is 6.08 Å². The van der Waals surface area contributed by atoms with Crippen molar-refractivity contribution in [3.63, 3.8) is 0 Å². The maximum absolute atomic E-state index is 3.67. The maximum atomic E-state index is 3.67. The summed E-state index contributed by atoms with van der Waals surface area (Å²) in [6.45, 7) is 8.02. The Morgan fingerprint density at radius 1 is 1.11 bits per heavy atom. The van der Waals surface area contributed by atoms with Gasteiger partial charge in [0, 0.05) is 0 Å². The highest BCUT2D eigenvalue weighted by Gasteiger charge is 2.09. The molecule has 1 aliphatic rings. The van der Waals surface area contributed by atoms with Crippen LogP contribution in [0.3, 0.4) is 0 Å². The van der Waals surface area contributed by atoms with Crippen molar-refractivity contribution in [2.45, 2.75) is 20.3 Å². The van der Waals surface area contributed by atoms with E-state index >= 15 is 0 Å². The van der Waals surface area contributed by atoms with E-state index in [0.717, 1.165) is 6.42 Å². The molecule has 1 aliphatic carbocycles. The molecule has 1 aromatic rings. The van der Waals surface area contributed by atoms with E-state index in [0.29, 0.717) is 0 Å². The third-order valence-electron chi connectivity index (χ3n) is 3.34. The molecule has 0 radical (unpaired) electrons. The van der Waals surface area contributed by atoms with E-state index in [9.17, 15) is 0 Å². The topological polar surface area (TPSA) is 0 Å². The molecule has 1 aromatic carbocycles. The van der Waals surface area contributed by atoms with Crippen LogP contribution in [0.1, 0.15) is 28.7 Å². The third-order valence-corrected chi connectivity index (χ3v) is 3.34. The first kappa shape index (κ1) is 13.4. The molecule has 0 N–H and O–H groups in total. The molecule has 0 saturated carbocycles. The van der Waals surface area contributed by atoms with Crippen LogP contribution in [0, 0.1) is 13.8 Å². The first-order valence-corrected chi connectivity index (χ1v) is 6.65. The summed E-state index contributed by atoms with van der Waals surface area (Å²) in [7, 11) is 0. The van der Waals surface area contributed by atoms with Crippen LogP contribution in [0.25, 0.3) is 11.6 Å². The molecule has 0 amide bonds. The van der Waals surface area contributed by atoms with Crippen molar-refractivity contribution < 1.29 is 0 Å². The zero-order chi connectivity index (χ0) is 13.7. The highest BCUT2D eigenvalue weighted by atomic mass is 14.1. The molecule has 0 atom stereocenters. The second kappa shape index (κ2) is 6.19. The number of hydrogen-bond donors (Lipinski definition) is 0. The highest BCUT2D eigenvalue weighted by molar-refractivity contribution is 5.76. The smallest absolute Gasteiger partial charge is 0.00883 e. The lowest BCUT2D eigenvalue weighted by Gasteiger charge is -2.12. The molecule has 0 saturated heterocycles. The van der Waals surface area contributed by atoms with Crippen LogP contribution in [0.2, 0.25) is 0 Å². The Morgan fingerprint density at radius 2 is 1.95 bits per heavy atom. The van der Waals surface area contributed by atoms with Gasteiger partial charge in [-0.1, -0.05) is 67.3 Å². The third kappa shape index (κ3) is 3.23. The standard InChI is InChI=1S/C19H20/c1-4-5-6-7-12-18-13-15(2)14-19(16(18)3)17-10-8-9-11-17/h4-10,12-14H,1,11H2,2-3H3/b6-5-,12-7?. The van der Waals surface area contributed by atoms with Gasteiger partial charge in [-0.25, -0.2) is 0 Å². The van der Waals surface area contributed by atoms with Crippen LogP contribution in [0.5, 0.6) is 0 Å². The quantitative estimate of drug-likeness (QED) is 0.626. The van der Waals surface area contributed by atoms with Crippen molar-refractivity contribution in [1.29, 1.82) is 0 Å². The van der Waals surface area contributed by atoms with Gasteiger partial charge in [0.2, 0.25) is 0 Å². The number of allylic oxidation sites excluding steroid dienone is 8. The van der Waals surface area contributed by atoms with E-state index < -0.39 is 0 Å². The fourth-order valence-corrected chi connectivity index (χ4v) is 2.34. The zero-order valence-corrected chi connectivity index (χ0v) is 11.7. The summed E-state index contributed by atoms with van der Waals surface area (Å²) in [5, 5.41) is 0.